The summed E-state index contributed by atoms with van der Waals surface area (Å²) in [6, 6.07) is 4.76. The number of nitrogens with zero attached hydrogens (tertiary/aromatic N) is 2. The minimum Gasteiger partial charge on any atom is -0.494 e. The number of nitrogens with one attached hydrogen (secondary N) is 1. The largest absolute Gasteiger partial charge is 0.494 e. The minimum atomic E-state index is -0.372. The number of rotatable bonds is 4. The Kier molecular flexibility index (Phi) is 3.84. The van der Waals surface area contributed by atoms with Crippen molar-refractivity contribution in [3.63, 3.8) is 0 Å². The summed E-state index contributed by atoms with van der Waals surface area (Å²) in [4.78, 5) is 7.89. The third kappa shape index (κ3) is 2.31. The van der Waals surface area contributed by atoms with Gasteiger partial charge in [-0.2, -0.15) is 0 Å². The van der Waals surface area contributed by atoms with Crippen LogP contribution in [-0.4, -0.2) is 24.1 Å². The molecule has 0 aliphatic heterocycles. The molecule has 0 saturated heterocycles. The lowest BCUT2D eigenvalue weighted by molar-refractivity contribution is 0.382. The van der Waals surface area contributed by atoms with E-state index in [1.54, 1.807) is 37.6 Å². The van der Waals surface area contributed by atoms with Crippen molar-refractivity contribution >= 4 is 0 Å². The van der Waals surface area contributed by atoms with Crippen molar-refractivity contribution in [3.8, 4) is 5.75 Å². The summed E-state index contributed by atoms with van der Waals surface area (Å²) in [5.41, 5.74) is 1.30. The van der Waals surface area contributed by atoms with Crippen LogP contribution < -0.4 is 10.1 Å². The third-order valence-electron chi connectivity index (χ3n) is 2.73. The van der Waals surface area contributed by atoms with E-state index in [1.165, 1.54) is 13.4 Å². The van der Waals surface area contributed by atoms with Gasteiger partial charge in [0.25, 0.3) is 0 Å². The van der Waals surface area contributed by atoms with E-state index in [0.29, 0.717) is 5.56 Å². The number of hydrogen-bond donors (Lipinski definition) is 1. The van der Waals surface area contributed by atoms with Gasteiger partial charge in [0.2, 0.25) is 0 Å². The van der Waals surface area contributed by atoms with E-state index in [2.05, 4.69) is 15.3 Å². The Bertz CT molecular complexity index is 519. The van der Waals surface area contributed by atoms with Crippen LogP contribution in [0.5, 0.6) is 5.75 Å². The Hall–Kier alpha value is -2.01. The summed E-state index contributed by atoms with van der Waals surface area (Å²) in [5, 5.41) is 3.05. The minimum absolute atomic E-state index is 0.226. The van der Waals surface area contributed by atoms with E-state index >= 15 is 0 Å². The van der Waals surface area contributed by atoms with E-state index in [0.717, 1.165) is 5.56 Å². The molecule has 0 bridgehead atoms. The SMILES string of the molecule is CNC(c1cncnc1)c1cccc(OC)c1F. The fraction of sp³-hybridized carbons (Fsp3) is 0.231. The summed E-state index contributed by atoms with van der Waals surface area (Å²) in [5.74, 6) is -0.146. The number of benzene rings is 1. The van der Waals surface area contributed by atoms with Gasteiger partial charge in [-0.1, -0.05) is 12.1 Å². The maximum atomic E-state index is 14.2. The average Bonchev–Trinajstić information content (AvgIpc) is 2.43. The molecule has 2 aromatic rings. The van der Waals surface area contributed by atoms with Crippen LogP contribution in [0.25, 0.3) is 0 Å². The van der Waals surface area contributed by atoms with Crippen LogP contribution in [-0.2, 0) is 0 Å². The predicted octanol–water partition coefficient (Wildman–Crippen LogP) is 1.93. The van der Waals surface area contributed by atoms with Crippen molar-refractivity contribution in [3.05, 3.63) is 53.9 Å². The van der Waals surface area contributed by atoms with Crippen LogP contribution in [0.3, 0.4) is 0 Å². The average molecular weight is 247 g/mol. The number of ether oxygens (including phenoxy) is 1. The van der Waals surface area contributed by atoms with Crippen molar-refractivity contribution in [2.24, 2.45) is 0 Å². The quantitative estimate of drug-likeness (QED) is 0.896. The molecular formula is C13H14FN3O. The topological polar surface area (TPSA) is 47.0 Å². The zero-order valence-electron chi connectivity index (χ0n) is 10.2. The highest BCUT2D eigenvalue weighted by molar-refractivity contribution is 5.37. The summed E-state index contributed by atoms with van der Waals surface area (Å²) in [6.45, 7) is 0. The van der Waals surface area contributed by atoms with Gasteiger partial charge in [-0.05, 0) is 13.1 Å². The Morgan fingerprint density at radius 3 is 2.61 bits per heavy atom. The maximum absolute atomic E-state index is 14.2. The Morgan fingerprint density at radius 2 is 2.00 bits per heavy atom. The predicted molar refractivity (Wildman–Crippen MR) is 65.9 cm³/mol. The molecule has 0 spiro atoms. The molecule has 0 amide bonds. The van der Waals surface area contributed by atoms with Crippen LogP contribution in [0.15, 0.2) is 36.9 Å². The van der Waals surface area contributed by atoms with Crippen molar-refractivity contribution in [1.29, 1.82) is 0 Å². The lowest BCUT2D eigenvalue weighted by Gasteiger charge is -2.18. The standard InChI is InChI=1S/C13H14FN3O/c1-15-13(9-6-16-8-17-7-9)10-4-3-5-11(18-2)12(10)14/h3-8,13,15H,1-2H3. The van der Waals surface area contributed by atoms with E-state index in [9.17, 15) is 4.39 Å². The van der Waals surface area contributed by atoms with Gasteiger partial charge >= 0.3 is 0 Å². The second-order valence-electron chi connectivity index (χ2n) is 3.76. The first-order valence-corrected chi connectivity index (χ1v) is 5.52. The molecule has 1 atom stereocenters. The van der Waals surface area contributed by atoms with Crippen LogP contribution in [0.1, 0.15) is 17.2 Å². The van der Waals surface area contributed by atoms with Crippen LogP contribution in [0.4, 0.5) is 4.39 Å². The molecule has 18 heavy (non-hydrogen) atoms. The Balaban J connectivity index is 2.46. The number of methoxy groups -OCH3 is 1. The van der Waals surface area contributed by atoms with Gasteiger partial charge in [0.1, 0.15) is 6.33 Å². The molecule has 1 N–H and O–H groups in total. The van der Waals surface area contributed by atoms with E-state index in [-0.39, 0.29) is 17.6 Å². The highest BCUT2D eigenvalue weighted by Gasteiger charge is 2.19. The van der Waals surface area contributed by atoms with Crippen molar-refractivity contribution in [2.45, 2.75) is 6.04 Å². The smallest absolute Gasteiger partial charge is 0.170 e. The molecule has 1 aromatic carbocycles. The molecule has 2 rings (SSSR count). The maximum Gasteiger partial charge on any atom is 0.170 e. The first-order valence-electron chi connectivity index (χ1n) is 5.52. The summed E-state index contributed by atoms with van der Waals surface area (Å²) in [7, 11) is 3.21. The molecule has 1 unspecified atom stereocenters. The van der Waals surface area contributed by atoms with Gasteiger partial charge < -0.3 is 10.1 Å². The molecule has 1 heterocycles. The first-order chi connectivity index (χ1) is 8.77. The second kappa shape index (κ2) is 5.55. The normalized spacial score (nSPS) is 12.2. The van der Waals surface area contributed by atoms with Crippen LogP contribution >= 0.6 is 0 Å². The van der Waals surface area contributed by atoms with E-state index in [4.69, 9.17) is 4.74 Å². The molecule has 94 valence electrons. The van der Waals surface area contributed by atoms with Gasteiger partial charge in [0, 0.05) is 23.5 Å². The second-order valence-corrected chi connectivity index (χ2v) is 3.76. The summed E-state index contributed by atoms with van der Waals surface area (Å²) >= 11 is 0. The zero-order chi connectivity index (χ0) is 13.0. The van der Waals surface area contributed by atoms with E-state index < -0.39 is 0 Å². The fourth-order valence-corrected chi connectivity index (χ4v) is 1.87. The first kappa shape index (κ1) is 12.4. The Morgan fingerprint density at radius 1 is 1.28 bits per heavy atom. The molecule has 1 aromatic heterocycles. The highest BCUT2D eigenvalue weighted by Crippen LogP contribution is 2.28. The monoisotopic (exact) mass is 247 g/mol. The number of aromatic nitrogens is 2. The van der Waals surface area contributed by atoms with Gasteiger partial charge in [-0.15, -0.1) is 0 Å². The summed E-state index contributed by atoms with van der Waals surface area (Å²) in [6.07, 6.45) is 4.76. The van der Waals surface area contributed by atoms with Gasteiger partial charge in [0.15, 0.2) is 11.6 Å². The third-order valence-corrected chi connectivity index (χ3v) is 2.73. The molecule has 5 heteroatoms. The molecule has 0 fully saturated rings. The molecule has 0 aliphatic rings. The van der Waals surface area contributed by atoms with Gasteiger partial charge in [0.05, 0.1) is 13.2 Å². The van der Waals surface area contributed by atoms with E-state index in [1.807, 2.05) is 0 Å². The number of halogens is 1. The molecule has 0 aliphatic carbocycles. The molecule has 0 saturated carbocycles. The molecular weight excluding hydrogens is 233 g/mol. The highest BCUT2D eigenvalue weighted by atomic mass is 19.1. The number of hydrogen-bond acceptors (Lipinski definition) is 4. The van der Waals surface area contributed by atoms with Crippen LogP contribution in [0, 0.1) is 5.82 Å². The fourth-order valence-electron chi connectivity index (χ4n) is 1.87. The van der Waals surface area contributed by atoms with Crippen molar-refractivity contribution < 1.29 is 9.13 Å². The molecule has 0 radical (unpaired) electrons. The van der Waals surface area contributed by atoms with Gasteiger partial charge in [-0.3, -0.25) is 0 Å². The lowest BCUT2D eigenvalue weighted by atomic mass is 10.0. The van der Waals surface area contributed by atoms with Crippen molar-refractivity contribution in [2.75, 3.05) is 14.2 Å². The summed E-state index contributed by atoms with van der Waals surface area (Å²) < 4.78 is 19.2. The molecule has 4 nitrogen and oxygen atoms in total. The van der Waals surface area contributed by atoms with Crippen molar-refractivity contribution in [1.82, 2.24) is 15.3 Å². The Labute approximate surface area is 105 Å². The lowest BCUT2D eigenvalue weighted by Crippen LogP contribution is -2.19. The van der Waals surface area contributed by atoms with Gasteiger partial charge in [-0.25, -0.2) is 14.4 Å². The van der Waals surface area contributed by atoms with Crippen LogP contribution in [0.2, 0.25) is 0 Å². The zero-order valence-corrected chi connectivity index (χ0v) is 10.2.